The van der Waals surface area contributed by atoms with Crippen LogP contribution in [0.3, 0.4) is 0 Å². The number of rotatable bonds is 8. The molecule has 0 bridgehead atoms. The van der Waals surface area contributed by atoms with Gasteiger partial charge >= 0.3 is 0 Å². The summed E-state index contributed by atoms with van der Waals surface area (Å²) in [4.78, 5) is 0. The zero-order valence-corrected chi connectivity index (χ0v) is 12.0. The summed E-state index contributed by atoms with van der Waals surface area (Å²) >= 11 is 0. The van der Waals surface area contributed by atoms with Crippen LogP contribution in [0.25, 0.3) is 0 Å². The Bertz CT molecular complexity index is 455. The second kappa shape index (κ2) is 7.85. The van der Waals surface area contributed by atoms with Crippen molar-refractivity contribution in [3.8, 4) is 11.8 Å². The molecule has 110 valence electrons. The van der Waals surface area contributed by atoms with Crippen LogP contribution in [-0.2, 0) is 0 Å². The van der Waals surface area contributed by atoms with Crippen LogP contribution in [0, 0.1) is 11.3 Å². The summed E-state index contributed by atoms with van der Waals surface area (Å²) in [6.45, 7) is 4.57. The second-order valence-electron chi connectivity index (χ2n) is 5.34. The monoisotopic (exact) mass is 278 g/mol. The summed E-state index contributed by atoms with van der Waals surface area (Å²) in [5.41, 5.74) is 0.301. The minimum atomic E-state index is -0.654. The number of ether oxygens (including phenoxy) is 1. The van der Waals surface area contributed by atoms with E-state index in [0.29, 0.717) is 24.3 Å². The molecule has 0 aliphatic heterocycles. The highest BCUT2D eigenvalue weighted by Gasteiger charge is 2.17. The summed E-state index contributed by atoms with van der Waals surface area (Å²) in [6.07, 6.45) is -0.0381. The van der Waals surface area contributed by atoms with Gasteiger partial charge in [-0.1, -0.05) is 6.07 Å². The first-order chi connectivity index (χ1) is 9.46. The van der Waals surface area contributed by atoms with Crippen LogP contribution in [-0.4, -0.2) is 41.6 Å². The molecular formula is C15H22N2O3. The molecule has 5 heteroatoms. The highest BCUT2D eigenvalue weighted by molar-refractivity contribution is 5.36. The van der Waals surface area contributed by atoms with Crippen molar-refractivity contribution in [1.82, 2.24) is 5.32 Å². The normalized spacial score (nSPS) is 12.8. The SMILES string of the molecule is CC(C)(CCO)NCC(O)COc1cccc(C#N)c1. The highest BCUT2D eigenvalue weighted by atomic mass is 16.5. The van der Waals surface area contributed by atoms with E-state index in [1.54, 1.807) is 24.3 Å². The molecule has 0 aliphatic carbocycles. The number of nitrogens with one attached hydrogen (secondary N) is 1. The van der Waals surface area contributed by atoms with Gasteiger partial charge in [-0.2, -0.15) is 5.26 Å². The van der Waals surface area contributed by atoms with E-state index in [0.717, 1.165) is 0 Å². The fourth-order valence-electron chi connectivity index (χ4n) is 1.67. The lowest BCUT2D eigenvalue weighted by molar-refractivity contribution is 0.0960. The molecule has 1 aromatic rings. The van der Waals surface area contributed by atoms with Gasteiger partial charge in [-0.3, -0.25) is 0 Å². The van der Waals surface area contributed by atoms with Crippen LogP contribution < -0.4 is 10.1 Å². The second-order valence-corrected chi connectivity index (χ2v) is 5.34. The average molecular weight is 278 g/mol. The lowest BCUT2D eigenvalue weighted by Crippen LogP contribution is -2.45. The maximum absolute atomic E-state index is 9.85. The maximum atomic E-state index is 9.85. The van der Waals surface area contributed by atoms with Crippen molar-refractivity contribution >= 4 is 0 Å². The van der Waals surface area contributed by atoms with E-state index in [4.69, 9.17) is 15.1 Å². The van der Waals surface area contributed by atoms with E-state index in [9.17, 15) is 5.11 Å². The van der Waals surface area contributed by atoms with E-state index in [2.05, 4.69) is 5.32 Å². The van der Waals surface area contributed by atoms with Crippen LogP contribution in [0.1, 0.15) is 25.8 Å². The summed E-state index contributed by atoms with van der Waals surface area (Å²) in [5, 5.41) is 30.7. The number of aliphatic hydroxyl groups is 2. The first-order valence-corrected chi connectivity index (χ1v) is 6.64. The van der Waals surface area contributed by atoms with Crippen molar-refractivity contribution in [2.24, 2.45) is 0 Å². The first-order valence-electron chi connectivity index (χ1n) is 6.64. The Morgan fingerprint density at radius 3 is 2.85 bits per heavy atom. The zero-order valence-electron chi connectivity index (χ0n) is 12.0. The Morgan fingerprint density at radius 1 is 1.45 bits per heavy atom. The Kier molecular flexibility index (Phi) is 6.46. The van der Waals surface area contributed by atoms with E-state index in [1.807, 2.05) is 19.9 Å². The standard InChI is InChI=1S/C15H22N2O3/c1-15(2,6-7-18)17-10-13(19)11-20-14-5-3-4-12(8-14)9-16/h3-5,8,13,17-19H,6-7,10-11H2,1-2H3. The number of hydrogen-bond donors (Lipinski definition) is 3. The van der Waals surface area contributed by atoms with E-state index < -0.39 is 6.10 Å². The van der Waals surface area contributed by atoms with Gasteiger partial charge in [0, 0.05) is 18.7 Å². The predicted octanol–water partition coefficient (Wildman–Crippen LogP) is 1.05. The van der Waals surface area contributed by atoms with E-state index >= 15 is 0 Å². The van der Waals surface area contributed by atoms with Crippen LogP contribution in [0.4, 0.5) is 0 Å². The Balaban J connectivity index is 2.36. The van der Waals surface area contributed by atoms with Gasteiger partial charge in [0.25, 0.3) is 0 Å². The molecule has 0 aromatic heterocycles. The summed E-state index contributed by atoms with van der Waals surface area (Å²) in [5.74, 6) is 0.567. The van der Waals surface area contributed by atoms with Crippen molar-refractivity contribution in [1.29, 1.82) is 5.26 Å². The number of benzene rings is 1. The minimum Gasteiger partial charge on any atom is -0.491 e. The van der Waals surface area contributed by atoms with E-state index in [-0.39, 0.29) is 18.8 Å². The molecular weight excluding hydrogens is 256 g/mol. The molecule has 1 aromatic carbocycles. The van der Waals surface area contributed by atoms with Crippen molar-refractivity contribution in [3.05, 3.63) is 29.8 Å². The third-order valence-electron chi connectivity index (χ3n) is 2.96. The molecule has 0 amide bonds. The molecule has 1 atom stereocenters. The van der Waals surface area contributed by atoms with Crippen LogP contribution >= 0.6 is 0 Å². The zero-order chi connectivity index (χ0) is 15.0. The van der Waals surface area contributed by atoms with Gasteiger partial charge in [0.05, 0.1) is 11.6 Å². The first kappa shape index (κ1) is 16.4. The smallest absolute Gasteiger partial charge is 0.120 e. The molecule has 0 aliphatic rings. The number of hydrogen-bond acceptors (Lipinski definition) is 5. The average Bonchev–Trinajstić information content (AvgIpc) is 2.43. The molecule has 0 spiro atoms. The number of nitrogens with zero attached hydrogens (tertiary/aromatic N) is 1. The van der Waals surface area contributed by atoms with Gasteiger partial charge in [0.2, 0.25) is 0 Å². The van der Waals surface area contributed by atoms with Crippen molar-refractivity contribution in [2.75, 3.05) is 19.8 Å². The molecule has 0 fully saturated rings. The minimum absolute atomic E-state index is 0.105. The van der Waals surface area contributed by atoms with Gasteiger partial charge < -0.3 is 20.3 Å². The van der Waals surface area contributed by atoms with Crippen molar-refractivity contribution in [2.45, 2.75) is 31.9 Å². The van der Waals surface area contributed by atoms with Crippen LogP contribution in [0.5, 0.6) is 5.75 Å². The molecule has 0 radical (unpaired) electrons. The third kappa shape index (κ3) is 6.02. The van der Waals surface area contributed by atoms with E-state index in [1.165, 1.54) is 0 Å². The van der Waals surface area contributed by atoms with Crippen LogP contribution in [0.15, 0.2) is 24.3 Å². The molecule has 0 saturated carbocycles. The summed E-state index contributed by atoms with van der Waals surface area (Å²) in [6, 6.07) is 8.85. The summed E-state index contributed by atoms with van der Waals surface area (Å²) in [7, 11) is 0. The predicted molar refractivity (Wildman–Crippen MR) is 76.4 cm³/mol. The fraction of sp³-hybridized carbons (Fsp3) is 0.533. The quantitative estimate of drug-likeness (QED) is 0.662. The van der Waals surface area contributed by atoms with Crippen molar-refractivity contribution in [3.63, 3.8) is 0 Å². The van der Waals surface area contributed by atoms with Gasteiger partial charge in [-0.05, 0) is 38.5 Å². The topological polar surface area (TPSA) is 85.5 Å². The van der Waals surface area contributed by atoms with Gasteiger partial charge in [-0.15, -0.1) is 0 Å². The van der Waals surface area contributed by atoms with Gasteiger partial charge in [-0.25, -0.2) is 0 Å². The molecule has 3 N–H and O–H groups in total. The third-order valence-corrected chi connectivity index (χ3v) is 2.96. The molecule has 0 saturated heterocycles. The largest absolute Gasteiger partial charge is 0.491 e. The molecule has 1 rings (SSSR count). The highest BCUT2D eigenvalue weighted by Crippen LogP contribution is 2.13. The lowest BCUT2D eigenvalue weighted by Gasteiger charge is -2.27. The van der Waals surface area contributed by atoms with Gasteiger partial charge in [0.1, 0.15) is 18.5 Å². The Hall–Kier alpha value is -1.61. The molecule has 5 nitrogen and oxygen atoms in total. The molecule has 20 heavy (non-hydrogen) atoms. The Morgan fingerprint density at radius 2 is 2.20 bits per heavy atom. The van der Waals surface area contributed by atoms with Crippen molar-refractivity contribution < 1.29 is 14.9 Å². The van der Waals surface area contributed by atoms with Gasteiger partial charge in [0.15, 0.2) is 0 Å². The number of aliphatic hydroxyl groups excluding tert-OH is 2. The molecule has 1 unspecified atom stereocenters. The van der Waals surface area contributed by atoms with Crippen LogP contribution in [0.2, 0.25) is 0 Å². The lowest BCUT2D eigenvalue weighted by atomic mass is 10.0. The number of β-amino-alcohol motifs (C(OH)–C–C–N with tert-alkyl or cyclic N) is 1. The fourth-order valence-corrected chi connectivity index (χ4v) is 1.67. The maximum Gasteiger partial charge on any atom is 0.120 e. The summed E-state index contributed by atoms with van der Waals surface area (Å²) < 4.78 is 5.44. The molecule has 0 heterocycles. The number of nitriles is 1. The Labute approximate surface area is 119 Å².